The van der Waals surface area contributed by atoms with Gasteiger partial charge in [0.25, 0.3) is 0 Å². The summed E-state index contributed by atoms with van der Waals surface area (Å²) in [7, 11) is 2.15. The zero-order valence-corrected chi connectivity index (χ0v) is 12.3. The average molecular weight is 251 g/mol. The van der Waals surface area contributed by atoms with Gasteiger partial charge in [-0.05, 0) is 51.7 Å². The van der Waals surface area contributed by atoms with Crippen LogP contribution >= 0.6 is 0 Å². The maximum Gasteiger partial charge on any atom is 0.122 e. The molecular formula is C15H29N3. The van der Waals surface area contributed by atoms with Gasteiger partial charge in [0, 0.05) is 6.54 Å². The minimum absolute atomic E-state index is 0.295. The van der Waals surface area contributed by atoms with E-state index in [1.165, 1.54) is 32.1 Å². The summed E-state index contributed by atoms with van der Waals surface area (Å²) in [4.78, 5) is 2.33. The molecule has 104 valence electrons. The number of rotatable bonds is 10. The smallest absolute Gasteiger partial charge is 0.122 e. The van der Waals surface area contributed by atoms with Crippen molar-refractivity contribution in [3.63, 3.8) is 0 Å². The molecule has 1 unspecified atom stereocenters. The second kappa shape index (κ2) is 7.76. The second-order valence-electron chi connectivity index (χ2n) is 5.73. The minimum atomic E-state index is -0.295. The van der Waals surface area contributed by atoms with Crippen LogP contribution in [0.2, 0.25) is 0 Å². The van der Waals surface area contributed by atoms with E-state index in [4.69, 9.17) is 0 Å². The Morgan fingerprint density at radius 3 is 2.50 bits per heavy atom. The van der Waals surface area contributed by atoms with E-state index in [2.05, 4.69) is 37.2 Å². The Balaban J connectivity index is 2.47. The predicted octanol–water partition coefficient (Wildman–Crippen LogP) is 2.78. The van der Waals surface area contributed by atoms with Crippen LogP contribution in [-0.2, 0) is 0 Å². The first-order chi connectivity index (χ1) is 8.68. The first kappa shape index (κ1) is 15.5. The lowest BCUT2D eigenvalue weighted by atomic mass is 9.94. The van der Waals surface area contributed by atoms with Gasteiger partial charge in [0.1, 0.15) is 5.54 Å². The zero-order valence-electron chi connectivity index (χ0n) is 12.3. The predicted molar refractivity (Wildman–Crippen MR) is 76.4 cm³/mol. The van der Waals surface area contributed by atoms with Gasteiger partial charge in [-0.1, -0.05) is 26.7 Å². The number of nitrogens with one attached hydrogen (secondary N) is 1. The van der Waals surface area contributed by atoms with Gasteiger partial charge >= 0.3 is 0 Å². The number of hydrogen-bond acceptors (Lipinski definition) is 3. The molecule has 1 fully saturated rings. The normalized spacial score (nSPS) is 18.6. The topological polar surface area (TPSA) is 39.1 Å². The standard InChI is InChI=1S/C15H29N3/c1-4-6-7-11-18(3)13-15(12-16,14-8-9-14)17-10-5-2/h14,17H,4-11,13H2,1-3H3. The molecule has 3 nitrogen and oxygen atoms in total. The molecule has 1 rings (SSSR count). The SMILES string of the molecule is CCCCCN(C)CC(C#N)(NCCC)C1CC1. The van der Waals surface area contributed by atoms with E-state index in [1.54, 1.807) is 0 Å². The maximum atomic E-state index is 9.59. The molecule has 1 N–H and O–H groups in total. The summed E-state index contributed by atoms with van der Waals surface area (Å²) in [6.45, 7) is 7.32. The van der Waals surface area contributed by atoms with Gasteiger partial charge in [0.05, 0.1) is 6.07 Å². The largest absolute Gasteiger partial charge is 0.303 e. The van der Waals surface area contributed by atoms with Crippen molar-refractivity contribution in [1.82, 2.24) is 10.2 Å². The highest BCUT2D eigenvalue weighted by molar-refractivity contribution is 5.16. The summed E-state index contributed by atoms with van der Waals surface area (Å²) in [5.74, 6) is 0.572. The maximum absolute atomic E-state index is 9.59. The molecule has 0 aromatic rings. The molecule has 0 aliphatic heterocycles. The van der Waals surface area contributed by atoms with Crippen LogP contribution in [0, 0.1) is 17.2 Å². The lowest BCUT2D eigenvalue weighted by Gasteiger charge is -2.32. The third kappa shape index (κ3) is 4.59. The summed E-state index contributed by atoms with van der Waals surface area (Å²) in [6.07, 6.45) is 7.31. The Bertz CT molecular complexity index is 267. The Hall–Kier alpha value is -0.590. The van der Waals surface area contributed by atoms with Crippen LogP contribution in [0.4, 0.5) is 0 Å². The minimum Gasteiger partial charge on any atom is -0.303 e. The van der Waals surface area contributed by atoms with E-state index in [1.807, 2.05) is 0 Å². The highest BCUT2D eigenvalue weighted by Crippen LogP contribution is 2.39. The highest BCUT2D eigenvalue weighted by atomic mass is 15.2. The van der Waals surface area contributed by atoms with Crippen LogP contribution in [0.25, 0.3) is 0 Å². The summed E-state index contributed by atoms with van der Waals surface area (Å²) in [5, 5.41) is 13.1. The Kier molecular flexibility index (Phi) is 6.67. The van der Waals surface area contributed by atoms with Gasteiger partial charge < -0.3 is 4.90 Å². The molecule has 1 aliphatic carbocycles. The Morgan fingerprint density at radius 2 is 2.00 bits per heavy atom. The van der Waals surface area contributed by atoms with Crippen molar-refractivity contribution in [3.8, 4) is 6.07 Å². The van der Waals surface area contributed by atoms with Crippen molar-refractivity contribution < 1.29 is 0 Å². The molecule has 1 atom stereocenters. The Morgan fingerprint density at radius 1 is 1.28 bits per heavy atom. The van der Waals surface area contributed by atoms with Crippen molar-refractivity contribution >= 4 is 0 Å². The lowest BCUT2D eigenvalue weighted by molar-refractivity contribution is 0.225. The van der Waals surface area contributed by atoms with Gasteiger partial charge in [-0.15, -0.1) is 0 Å². The van der Waals surface area contributed by atoms with E-state index in [0.29, 0.717) is 5.92 Å². The molecule has 0 saturated heterocycles. The fraction of sp³-hybridized carbons (Fsp3) is 0.933. The molecule has 0 aromatic heterocycles. The molecule has 0 radical (unpaired) electrons. The van der Waals surface area contributed by atoms with Crippen molar-refractivity contribution in [2.45, 2.75) is 57.9 Å². The molecule has 3 heteroatoms. The van der Waals surface area contributed by atoms with Gasteiger partial charge in [0.15, 0.2) is 0 Å². The molecule has 1 saturated carbocycles. The molecule has 1 aliphatic rings. The van der Waals surface area contributed by atoms with Crippen molar-refractivity contribution in [3.05, 3.63) is 0 Å². The first-order valence-corrected chi connectivity index (χ1v) is 7.53. The quantitative estimate of drug-likeness (QED) is 0.607. The van der Waals surface area contributed by atoms with E-state index < -0.39 is 0 Å². The van der Waals surface area contributed by atoms with Crippen LogP contribution in [0.5, 0.6) is 0 Å². The molecule has 0 aromatic carbocycles. The average Bonchev–Trinajstić information content (AvgIpc) is 3.19. The first-order valence-electron chi connectivity index (χ1n) is 7.53. The van der Waals surface area contributed by atoms with E-state index in [-0.39, 0.29) is 5.54 Å². The highest BCUT2D eigenvalue weighted by Gasteiger charge is 2.45. The van der Waals surface area contributed by atoms with Gasteiger partial charge in [-0.3, -0.25) is 5.32 Å². The van der Waals surface area contributed by atoms with Crippen LogP contribution in [0.15, 0.2) is 0 Å². The molecule has 0 spiro atoms. The molecule has 0 bridgehead atoms. The van der Waals surface area contributed by atoms with E-state index in [0.717, 1.165) is 26.1 Å². The number of unbranched alkanes of at least 4 members (excludes halogenated alkanes) is 2. The number of likely N-dealkylation sites (N-methyl/N-ethyl adjacent to an activating group) is 1. The molecule has 0 amide bonds. The monoisotopic (exact) mass is 251 g/mol. The van der Waals surface area contributed by atoms with Crippen LogP contribution in [0.1, 0.15) is 52.4 Å². The molecule has 0 heterocycles. The summed E-state index contributed by atoms with van der Waals surface area (Å²) in [6, 6.07) is 2.58. The zero-order chi connectivity index (χ0) is 13.4. The van der Waals surface area contributed by atoms with Gasteiger partial charge in [-0.2, -0.15) is 5.26 Å². The molecular weight excluding hydrogens is 222 g/mol. The number of hydrogen-bond donors (Lipinski definition) is 1. The fourth-order valence-corrected chi connectivity index (χ4v) is 2.56. The fourth-order valence-electron chi connectivity index (χ4n) is 2.56. The third-order valence-corrected chi connectivity index (χ3v) is 3.83. The van der Waals surface area contributed by atoms with Gasteiger partial charge in [0.2, 0.25) is 0 Å². The van der Waals surface area contributed by atoms with Gasteiger partial charge in [-0.25, -0.2) is 0 Å². The van der Waals surface area contributed by atoms with E-state index in [9.17, 15) is 5.26 Å². The Labute approximate surface area is 113 Å². The third-order valence-electron chi connectivity index (χ3n) is 3.83. The van der Waals surface area contributed by atoms with Crippen LogP contribution in [0.3, 0.4) is 0 Å². The van der Waals surface area contributed by atoms with Crippen molar-refractivity contribution in [2.24, 2.45) is 5.92 Å². The van der Waals surface area contributed by atoms with Crippen LogP contribution in [-0.4, -0.2) is 37.1 Å². The van der Waals surface area contributed by atoms with E-state index >= 15 is 0 Å². The van der Waals surface area contributed by atoms with Crippen LogP contribution < -0.4 is 5.32 Å². The van der Waals surface area contributed by atoms with Crippen molar-refractivity contribution in [2.75, 3.05) is 26.7 Å². The summed E-state index contributed by atoms with van der Waals surface area (Å²) >= 11 is 0. The lowest BCUT2D eigenvalue weighted by Crippen LogP contribution is -2.54. The second-order valence-corrected chi connectivity index (χ2v) is 5.73. The molecule has 18 heavy (non-hydrogen) atoms. The summed E-state index contributed by atoms with van der Waals surface area (Å²) in [5.41, 5.74) is -0.295. The number of nitriles is 1. The summed E-state index contributed by atoms with van der Waals surface area (Å²) < 4.78 is 0. The van der Waals surface area contributed by atoms with Crippen molar-refractivity contribution in [1.29, 1.82) is 5.26 Å². The number of nitrogens with zero attached hydrogens (tertiary/aromatic N) is 2.